The van der Waals surface area contributed by atoms with Crippen molar-refractivity contribution in [3.8, 4) is 5.75 Å². The van der Waals surface area contributed by atoms with E-state index in [0.29, 0.717) is 0 Å². The Kier molecular flexibility index (Phi) is 5.49. The normalized spacial score (nSPS) is 12.1. The van der Waals surface area contributed by atoms with Gasteiger partial charge in [-0.2, -0.15) is 0 Å². The maximum atomic E-state index is 11.2. The molecule has 1 amide bonds. The Hall–Kier alpha value is -1.55. The van der Waals surface area contributed by atoms with Crippen molar-refractivity contribution in [1.29, 1.82) is 0 Å². The van der Waals surface area contributed by atoms with Crippen LogP contribution in [0, 0.1) is 6.92 Å². The number of carbonyl (C=O) groups is 1. The molecule has 1 rings (SSSR count). The third-order valence-electron chi connectivity index (χ3n) is 2.42. The Morgan fingerprint density at radius 2 is 2.06 bits per heavy atom. The van der Waals surface area contributed by atoms with Crippen LogP contribution in [0.1, 0.15) is 18.9 Å². The van der Waals surface area contributed by atoms with Crippen molar-refractivity contribution in [2.75, 3.05) is 13.2 Å². The van der Waals surface area contributed by atoms with Crippen LogP contribution in [0.4, 0.5) is 0 Å². The van der Waals surface area contributed by atoms with Gasteiger partial charge in [-0.1, -0.05) is 24.6 Å². The fourth-order valence-corrected chi connectivity index (χ4v) is 1.37. The Morgan fingerprint density at radius 3 is 2.59 bits per heavy atom. The van der Waals surface area contributed by atoms with Gasteiger partial charge in [-0.3, -0.25) is 4.79 Å². The van der Waals surface area contributed by atoms with Crippen LogP contribution in [0.15, 0.2) is 24.3 Å². The highest BCUT2D eigenvalue weighted by atomic mass is 16.5. The molecule has 4 nitrogen and oxygen atoms in total. The summed E-state index contributed by atoms with van der Waals surface area (Å²) in [5, 5.41) is 3.05. The van der Waals surface area contributed by atoms with Crippen molar-refractivity contribution in [2.45, 2.75) is 26.3 Å². The summed E-state index contributed by atoms with van der Waals surface area (Å²) in [6.45, 7) is 5.06. The first kappa shape index (κ1) is 13.5. The summed E-state index contributed by atoms with van der Waals surface area (Å²) >= 11 is 0. The summed E-state index contributed by atoms with van der Waals surface area (Å²) in [5.74, 6) is 0.366. The molecule has 1 atom stereocenters. The number of hydrogen-bond acceptors (Lipinski definition) is 3. The van der Waals surface area contributed by atoms with Gasteiger partial charge in [-0.15, -0.1) is 0 Å². The molecule has 0 saturated heterocycles. The molecule has 0 aromatic heterocycles. The molecular weight excluding hydrogens is 216 g/mol. The summed E-state index contributed by atoms with van der Waals surface area (Å²) in [6.07, 6.45) is 0.953. The number of nitrogens with two attached hydrogens (primary N) is 1. The molecule has 0 aliphatic carbocycles. The summed E-state index contributed by atoms with van der Waals surface area (Å²) in [5.41, 5.74) is 6.46. The van der Waals surface area contributed by atoms with Gasteiger partial charge in [0.1, 0.15) is 18.4 Å². The molecule has 0 fully saturated rings. The smallest absolute Gasteiger partial charge is 0.238 e. The van der Waals surface area contributed by atoms with E-state index in [1.807, 2.05) is 38.1 Å². The first-order valence-electron chi connectivity index (χ1n) is 5.85. The first-order valence-corrected chi connectivity index (χ1v) is 5.85. The molecule has 0 bridgehead atoms. The van der Waals surface area contributed by atoms with Crippen LogP contribution in [0.3, 0.4) is 0 Å². The van der Waals surface area contributed by atoms with Crippen LogP contribution >= 0.6 is 0 Å². The third-order valence-corrected chi connectivity index (χ3v) is 2.42. The SMILES string of the molecule is CCCNC(COc1ccc(C)cc1)C(N)=O. The van der Waals surface area contributed by atoms with Gasteiger partial charge in [-0.05, 0) is 32.0 Å². The molecule has 3 N–H and O–H groups in total. The quantitative estimate of drug-likeness (QED) is 0.748. The number of rotatable bonds is 7. The molecule has 0 saturated carbocycles. The van der Waals surface area contributed by atoms with E-state index in [1.165, 1.54) is 5.56 Å². The minimum atomic E-state index is -0.434. The van der Waals surface area contributed by atoms with Gasteiger partial charge < -0.3 is 15.8 Å². The number of primary amides is 1. The summed E-state index contributed by atoms with van der Waals surface area (Å²) < 4.78 is 5.52. The van der Waals surface area contributed by atoms with E-state index in [4.69, 9.17) is 10.5 Å². The van der Waals surface area contributed by atoms with E-state index in [-0.39, 0.29) is 12.5 Å². The van der Waals surface area contributed by atoms with Gasteiger partial charge in [0.25, 0.3) is 0 Å². The molecule has 0 aliphatic heterocycles. The average molecular weight is 236 g/mol. The second-order valence-corrected chi connectivity index (χ2v) is 4.03. The zero-order valence-electron chi connectivity index (χ0n) is 10.4. The fraction of sp³-hybridized carbons (Fsp3) is 0.462. The minimum absolute atomic E-state index is 0.262. The second kappa shape index (κ2) is 6.91. The lowest BCUT2D eigenvalue weighted by Gasteiger charge is -2.15. The van der Waals surface area contributed by atoms with Crippen molar-refractivity contribution in [3.05, 3.63) is 29.8 Å². The largest absolute Gasteiger partial charge is 0.491 e. The Labute approximate surface area is 102 Å². The highest BCUT2D eigenvalue weighted by molar-refractivity contribution is 5.80. The topological polar surface area (TPSA) is 64.3 Å². The molecule has 0 spiro atoms. The Morgan fingerprint density at radius 1 is 1.41 bits per heavy atom. The molecular formula is C13H20N2O2. The number of carbonyl (C=O) groups excluding carboxylic acids is 1. The fourth-order valence-electron chi connectivity index (χ4n) is 1.37. The van der Waals surface area contributed by atoms with Gasteiger partial charge in [0.05, 0.1) is 0 Å². The molecule has 0 aliphatic rings. The van der Waals surface area contributed by atoms with Crippen molar-refractivity contribution in [1.82, 2.24) is 5.32 Å². The van der Waals surface area contributed by atoms with E-state index in [9.17, 15) is 4.79 Å². The molecule has 17 heavy (non-hydrogen) atoms. The van der Waals surface area contributed by atoms with Crippen LogP contribution in [0.25, 0.3) is 0 Å². The van der Waals surface area contributed by atoms with Crippen LogP contribution in [-0.4, -0.2) is 25.1 Å². The van der Waals surface area contributed by atoms with Crippen LogP contribution in [0.2, 0.25) is 0 Å². The molecule has 1 unspecified atom stereocenters. The van der Waals surface area contributed by atoms with E-state index < -0.39 is 6.04 Å². The minimum Gasteiger partial charge on any atom is -0.491 e. The van der Waals surface area contributed by atoms with E-state index in [0.717, 1.165) is 18.7 Å². The van der Waals surface area contributed by atoms with Crippen molar-refractivity contribution < 1.29 is 9.53 Å². The second-order valence-electron chi connectivity index (χ2n) is 4.03. The lowest BCUT2D eigenvalue weighted by Crippen LogP contribution is -2.45. The van der Waals surface area contributed by atoms with Gasteiger partial charge in [0, 0.05) is 0 Å². The van der Waals surface area contributed by atoms with Gasteiger partial charge in [0.15, 0.2) is 0 Å². The maximum Gasteiger partial charge on any atom is 0.238 e. The average Bonchev–Trinajstić information content (AvgIpc) is 2.31. The lowest BCUT2D eigenvalue weighted by molar-refractivity contribution is -0.120. The molecule has 1 aromatic carbocycles. The Balaban J connectivity index is 2.45. The number of amides is 1. The van der Waals surface area contributed by atoms with Gasteiger partial charge in [0.2, 0.25) is 5.91 Å². The summed E-state index contributed by atoms with van der Waals surface area (Å²) in [6, 6.07) is 7.26. The Bertz CT molecular complexity index is 349. The molecule has 94 valence electrons. The highest BCUT2D eigenvalue weighted by Crippen LogP contribution is 2.11. The van der Waals surface area contributed by atoms with Crippen molar-refractivity contribution >= 4 is 5.91 Å². The summed E-state index contributed by atoms with van der Waals surface area (Å²) in [7, 11) is 0. The molecule has 4 heteroatoms. The number of benzene rings is 1. The van der Waals surface area contributed by atoms with Crippen molar-refractivity contribution in [3.63, 3.8) is 0 Å². The lowest BCUT2D eigenvalue weighted by atomic mass is 10.2. The molecule has 0 heterocycles. The predicted octanol–water partition coefficient (Wildman–Crippen LogP) is 1.23. The zero-order valence-corrected chi connectivity index (χ0v) is 10.4. The monoisotopic (exact) mass is 236 g/mol. The first-order chi connectivity index (χ1) is 8.13. The maximum absolute atomic E-state index is 11.2. The van der Waals surface area contributed by atoms with E-state index in [2.05, 4.69) is 5.32 Å². The number of aryl methyl sites for hydroxylation is 1. The zero-order chi connectivity index (χ0) is 12.7. The van der Waals surface area contributed by atoms with Crippen molar-refractivity contribution in [2.24, 2.45) is 5.73 Å². The van der Waals surface area contributed by atoms with Crippen LogP contribution in [0.5, 0.6) is 5.75 Å². The number of ether oxygens (including phenoxy) is 1. The van der Waals surface area contributed by atoms with Gasteiger partial charge in [-0.25, -0.2) is 0 Å². The van der Waals surface area contributed by atoms with Crippen LogP contribution in [-0.2, 0) is 4.79 Å². The third kappa shape index (κ3) is 4.87. The highest BCUT2D eigenvalue weighted by Gasteiger charge is 2.14. The molecule has 0 radical (unpaired) electrons. The van der Waals surface area contributed by atoms with Crippen LogP contribution < -0.4 is 15.8 Å². The number of nitrogens with one attached hydrogen (secondary N) is 1. The van der Waals surface area contributed by atoms with Gasteiger partial charge >= 0.3 is 0 Å². The predicted molar refractivity (Wildman–Crippen MR) is 68.0 cm³/mol. The summed E-state index contributed by atoms with van der Waals surface area (Å²) in [4.78, 5) is 11.2. The standard InChI is InChI=1S/C13H20N2O2/c1-3-8-15-12(13(14)16)9-17-11-6-4-10(2)5-7-11/h4-7,12,15H,3,8-9H2,1-2H3,(H2,14,16). The molecule has 1 aromatic rings. The number of hydrogen-bond donors (Lipinski definition) is 2. The van der Waals surface area contributed by atoms with E-state index >= 15 is 0 Å². The van der Waals surface area contributed by atoms with E-state index in [1.54, 1.807) is 0 Å².